The molecule has 6 N–H and O–H groups in total. The van der Waals surface area contributed by atoms with Gasteiger partial charge in [0.2, 0.25) is 0 Å². The number of hydrogen-bond donors (Lipinski definition) is 6. The number of urea groups is 2. The number of aliphatic hydroxyl groups excluding tert-OH is 2. The summed E-state index contributed by atoms with van der Waals surface area (Å²) >= 11 is 0. The number of carbonyl (C=O) groups is 2. The molecule has 8 fully saturated rings. The van der Waals surface area contributed by atoms with Gasteiger partial charge in [-0.15, -0.1) is 26.3 Å². The number of benzene rings is 2. The molecule has 10 rings (SSSR count). The van der Waals surface area contributed by atoms with E-state index in [1.54, 1.807) is 0 Å². The molecule has 0 spiro atoms. The SMILES string of the molecule is CC[C@@H]1[C@@H]2[C@@H](F)[C@H](C)CC[C@]2(C)C2CC[C@@]3(C)C(CCC3[C@H](C)CCNC(=O)NS(=O)(=O)c3ccc(OC(F)(F)F)cc3)C2[C@@H]1O[Si](C)(C)C(C)(C)C.CC[C@@H]1[C@@H]2[C@@H](F)[C@H](O)CC[C@]2(C)C2CC[C@@]3(C)C(CCC3[C@H](C)CCNC(=O)NS(=O)(=O)c3ccc(OC(F)(F)F)cc3)C2[C@@H]1O. The highest BCUT2D eigenvalue weighted by Crippen LogP contribution is 2.73. The molecule has 562 valence electrons. The van der Waals surface area contributed by atoms with E-state index >= 15 is 8.78 Å². The molecule has 15 nitrogen and oxygen atoms in total. The van der Waals surface area contributed by atoms with Crippen LogP contribution in [-0.2, 0) is 24.5 Å². The fourth-order valence-corrected chi connectivity index (χ4v) is 25.3. The summed E-state index contributed by atoms with van der Waals surface area (Å²) in [6.07, 6.45) is 0.790. The molecule has 8 aliphatic carbocycles. The molecule has 0 radical (unpaired) electrons. The zero-order valence-electron chi connectivity index (χ0n) is 60.3. The van der Waals surface area contributed by atoms with Crippen molar-refractivity contribution in [2.45, 2.75) is 257 Å². The van der Waals surface area contributed by atoms with E-state index in [9.17, 15) is 63.0 Å². The van der Waals surface area contributed by atoms with Crippen molar-refractivity contribution in [3.63, 3.8) is 0 Å². The van der Waals surface area contributed by atoms with E-state index in [4.69, 9.17) is 4.43 Å². The Labute approximate surface area is 584 Å². The Morgan fingerprint density at radius 3 is 1.37 bits per heavy atom. The van der Waals surface area contributed by atoms with Gasteiger partial charge in [0.05, 0.1) is 28.1 Å². The van der Waals surface area contributed by atoms with Crippen LogP contribution in [0.25, 0.3) is 0 Å². The van der Waals surface area contributed by atoms with Gasteiger partial charge in [0.1, 0.15) is 23.8 Å². The lowest BCUT2D eigenvalue weighted by Crippen LogP contribution is -2.66. The van der Waals surface area contributed by atoms with Crippen LogP contribution in [0.5, 0.6) is 11.5 Å². The Balaban J connectivity index is 0.000000234. The van der Waals surface area contributed by atoms with Crippen molar-refractivity contribution in [3.8, 4) is 11.5 Å². The standard InChI is InChI=1S/C40H64F4N2O5SSi.C33H48F4N2O6S/c1-11-28-33-34(41)25(3)18-21-39(33,8)31-19-22-38(7)29(16-17-30(38)32(31)35(28)51-53(9,10)37(4,5)6)24(2)20-23-45-36(47)46-52(48,49)27-14-12-26(13-15-27)50-40(42,43)44;1-5-21-27-28(34)25(40)13-16-32(27,4)24-12-15-31(3)22(10-11-23(31)26(24)29(21)41)18(2)14-17-38-30(42)39-46(43,44)20-8-6-19(7-9-20)45-33(35,36)37/h12-15,24-25,28-35H,11,16-23H2,1-10H3,(H2,45,46,47);6-9,18,21-29,40-41H,5,10-17H2,1-4H3,(H2,38,39,42)/t24-,25-,28-,29?,30?,31?,32?,33-,34+,35-,38-,39-;18-,21-,22?,23?,24?,25-,26?,27-,28+,29-,31-,32-/m11/s1. The smallest absolute Gasteiger partial charge is 0.413 e. The molecular weight excluding hydrogens is 1350 g/mol. The van der Waals surface area contributed by atoms with Crippen molar-refractivity contribution >= 4 is 40.4 Å². The third-order valence-corrected chi connectivity index (χ3v) is 35.0. The molecule has 0 bridgehead atoms. The summed E-state index contributed by atoms with van der Waals surface area (Å²) in [4.78, 5) is 24.4. The highest BCUT2D eigenvalue weighted by molar-refractivity contribution is 7.90. The Morgan fingerprint density at radius 1 is 0.576 bits per heavy atom. The topological polar surface area (TPSA) is 219 Å². The predicted octanol–water partition coefficient (Wildman–Crippen LogP) is 16.7. The average Bonchev–Trinajstić information content (AvgIpc) is 1.70. The Hall–Kier alpha value is -3.98. The number of nitrogens with one attached hydrogen (secondary N) is 4. The zero-order valence-corrected chi connectivity index (χ0v) is 62.9. The number of hydrogen-bond acceptors (Lipinski definition) is 11. The number of halogens is 8. The van der Waals surface area contributed by atoms with Gasteiger partial charge in [-0.25, -0.2) is 44.6 Å². The van der Waals surface area contributed by atoms with Gasteiger partial charge >= 0.3 is 24.8 Å². The number of aliphatic hydroxyl groups is 2. The zero-order chi connectivity index (χ0) is 73.3. The minimum atomic E-state index is -4.91. The van der Waals surface area contributed by atoms with Crippen molar-refractivity contribution in [1.82, 2.24) is 20.1 Å². The highest BCUT2D eigenvalue weighted by Gasteiger charge is 2.69. The summed E-state index contributed by atoms with van der Waals surface area (Å²) in [7, 11) is -10.8. The average molecular weight is 1470 g/mol. The van der Waals surface area contributed by atoms with Crippen LogP contribution in [0.15, 0.2) is 58.3 Å². The fourth-order valence-electron chi connectivity index (χ4n) is 22.1. The molecule has 8 saturated carbocycles. The number of ether oxygens (including phenoxy) is 2. The maximum atomic E-state index is 16.6. The molecule has 4 amide bonds. The number of fused-ring (bicyclic) bond motifs is 10. The highest BCUT2D eigenvalue weighted by atomic mass is 32.2. The number of sulfonamides is 2. The minimum absolute atomic E-state index is 0.0107. The van der Waals surface area contributed by atoms with Crippen molar-refractivity contribution in [2.24, 2.45) is 110 Å². The predicted molar refractivity (Wildman–Crippen MR) is 365 cm³/mol. The van der Waals surface area contributed by atoms with Crippen LogP contribution in [0.3, 0.4) is 0 Å². The van der Waals surface area contributed by atoms with Crippen molar-refractivity contribution in [1.29, 1.82) is 0 Å². The lowest BCUT2D eigenvalue weighted by molar-refractivity contribution is -0.275. The monoisotopic (exact) mass is 1460 g/mol. The molecule has 8 aliphatic rings. The van der Waals surface area contributed by atoms with Crippen LogP contribution in [0.4, 0.5) is 44.7 Å². The van der Waals surface area contributed by atoms with E-state index < -0.39 is 89.2 Å². The van der Waals surface area contributed by atoms with E-state index in [2.05, 4.69) is 109 Å². The van der Waals surface area contributed by atoms with E-state index in [1.165, 1.54) is 0 Å². The minimum Gasteiger partial charge on any atom is -0.413 e. The second-order valence-corrected chi connectivity index (χ2v) is 42.0. The van der Waals surface area contributed by atoms with Crippen LogP contribution in [0.1, 0.15) is 186 Å². The van der Waals surface area contributed by atoms with Gasteiger partial charge in [-0.1, -0.05) is 95.9 Å². The number of alkyl halides is 8. The van der Waals surface area contributed by atoms with Crippen LogP contribution < -0.4 is 29.6 Å². The summed E-state index contributed by atoms with van der Waals surface area (Å²) in [6, 6.07) is 5.40. The van der Waals surface area contributed by atoms with Gasteiger partial charge in [0, 0.05) is 24.9 Å². The maximum Gasteiger partial charge on any atom is 0.573 e. The summed E-state index contributed by atoms with van der Waals surface area (Å²) in [5.74, 6) is 1.62. The van der Waals surface area contributed by atoms with E-state index in [0.717, 1.165) is 126 Å². The first-order chi connectivity index (χ1) is 45.8. The van der Waals surface area contributed by atoms with Gasteiger partial charge < -0.3 is 34.7 Å². The molecule has 8 unspecified atom stereocenters. The van der Waals surface area contributed by atoms with Crippen molar-refractivity contribution in [3.05, 3.63) is 48.5 Å². The van der Waals surface area contributed by atoms with E-state index in [1.807, 2.05) is 16.4 Å². The molecular formula is C73H112F8N4O11S2Si. The third-order valence-electron chi connectivity index (χ3n) is 27.8. The van der Waals surface area contributed by atoms with Gasteiger partial charge in [-0.05, 0) is 255 Å². The van der Waals surface area contributed by atoms with Crippen LogP contribution in [-0.4, -0.2) is 104 Å². The van der Waals surface area contributed by atoms with Gasteiger partial charge in [0.15, 0.2) is 8.32 Å². The first-order valence-corrected chi connectivity index (χ1v) is 42.3. The third kappa shape index (κ3) is 15.9. The lowest BCUT2D eigenvalue weighted by Gasteiger charge is -2.67. The summed E-state index contributed by atoms with van der Waals surface area (Å²) < 4.78 is 176. The quantitative estimate of drug-likeness (QED) is 0.0609. The molecule has 0 saturated heterocycles. The lowest BCUT2D eigenvalue weighted by atomic mass is 9.40. The number of carbonyl (C=O) groups excluding carboxylic acids is 2. The maximum absolute atomic E-state index is 16.6. The summed E-state index contributed by atoms with van der Waals surface area (Å²) in [6.45, 7) is 32.2. The van der Waals surface area contributed by atoms with Crippen LogP contribution in [0, 0.1) is 110 Å². The molecule has 26 heteroatoms. The summed E-state index contributed by atoms with van der Waals surface area (Å²) in [5, 5.41) is 27.6. The number of amides is 4. The normalized spacial score (nSPS) is 38.2. The second-order valence-electron chi connectivity index (χ2n) is 33.9. The Morgan fingerprint density at radius 2 is 0.960 bits per heavy atom. The van der Waals surface area contributed by atoms with Gasteiger partial charge in [0.25, 0.3) is 20.0 Å². The molecule has 0 aliphatic heterocycles. The van der Waals surface area contributed by atoms with Crippen LogP contribution >= 0.6 is 0 Å². The Bertz CT molecular complexity index is 3370. The van der Waals surface area contributed by atoms with Crippen molar-refractivity contribution in [2.75, 3.05) is 13.1 Å². The molecule has 2 aromatic carbocycles. The number of rotatable bonds is 18. The molecule has 0 heterocycles. The van der Waals surface area contributed by atoms with E-state index in [0.29, 0.717) is 61.2 Å². The molecule has 24 atom stereocenters. The Kier molecular flexibility index (Phi) is 23.3. The van der Waals surface area contributed by atoms with E-state index in [-0.39, 0.29) is 109 Å². The van der Waals surface area contributed by atoms with Gasteiger partial charge in [-0.2, -0.15) is 0 Å². The first-order valence-electron chi connectivity index (χ1n) is 36.4. The van der Waals surface area contributed by atoms with Crippen molar-refractivity contribution < 1.29 is 85.7 Å². The summed E-state index contributed by atoms with van der Waals surface area (Å²) in [5.41, 5.74) is -0.265. The molecule has 2 aromatic rings. The molecule has 99 heavy (non-hydrogen) atoms. The second kappa shape index (κ2) is 29.2. The largest absolute Gasteiger partial charge is 0.573 e. The first kappa shape index (κ1) is 79.1. The van der Waals surface area contributed by atoms with Gasteiger partial charge in [-0.3, -0.25) is 0 Å². The fraction of sp³-hybridized carbons (Fsp3) is 0.808. The van der Waals surface area contributed by atoms with Crippen LogP contribution in [0.2, 0.25) is 18.1 Å². The molecule has 0 aromatic heterocycles.